The number of benzene rings is 3. The van der Waals surface area contributed by atoms with Gasteiger partial charge in [-0.3, -0.25) is 0 Å². The molecule has 0 bridgehead atoms. The second kappa shape index (κ2) is 11.7. The Balaban J connectivity index is 1.89. The molecule has 3 aromatic rings. The summed E-state index contributed by atoms with van der Waals surface area (Å²) in [6.07, 6.45) is 0. The average molecular weight is 441 g/mol. The highest BCUT2D eigenvalue weighted by Gasteiger charge is 2.17. The van der Waals surface area contributed by atoms with E-state index in [2.05, 4.69) is 26.0 Å². The fourth-order valence-corrected chi connectivity index (χ4v) is 2.80. The molecule has 8 heteroatoms. The summed E-state index contributed by atoms with van der Waals surface area (Å²) in [5.74, 6) is -0.731. The number of methoxy groups -OCH3 is 1. The molecule has 0 fully saturated rings. The molecule has 0 aliphatic heterocycles. The maximum absolute atomic E-state index is 12.3. The van der Waals surface area contributed by atoms with Crippen LogP contribution in [0.2, 0.25) is 0 Å². The summed E-state index contributed by atoms with van der Waals surface area (Å²) in [6.45, 7) is 1.53. The summed E-state index contributed by atoms with van der Waals surface area (Å²) < 4.78 is 4.83. The molecule has 0 atom stereocenters. The van der Waals surface area contributed by atoms with Gasteiger partial charge in [0.05, 0.1) is 12.8 Å². The summed E-state index contributed by atoms with van der Waals surface area (Å²) in [7, 11) is 1.24. The number of nitrogens with one attached hydrogen (secondary N) is 2. The van der Waals surface area contributed by atoms with E-state index in [0.717, 1.165) is 11.1 Å². The maximum Gasteiger partial charge on any atom is 0.360 e. The minimum atomic E-state index is -0.731. The normalized spacial score (nSPS) is 11.3. The number of carbonyl (C=O) groups excluding carboxylic acids is 2. The van der Waals surface area contributed by atoms with Crippen molar-refractivity contribution in [2.24, 2.45) is 15.3 Å². The van der Waals surface area contributed by atoms with E-state index in [9.17, 15) is 9.59 Å². The molecular formula is C25H23N5O3. The second-order valence-electron chi connectivity index (χ2n) is 6.75. The van der Waals surface area contributed by atoms with Crippen molar-refractivity contribution in [1.82, 2.24) is 5.43 Å². The van der Waals surface area contributed by atoms with Crippen LogP contribution in [0.25, 0.3) is 0 Å². The number of rotatable bonds is 7. The first-order valence-corrected chi connectivity index (χ1v) is 10.1. The van der Waals surface area contributed by atoms with Crippen LogP contribution in [0.1, 0.15) is 18.1 Å². The van der Waals surface area contributed by atoms with Gasteiger partial charge in [0, 0.05) is 16.8 Å². The monoisotopic (exact) mass is 441 g/mol. The number of esters is 1. The highest BCUT2D eigenvalue weighted by molar-refractivity contribution is 6.65. The molecule has 0 heterocycles. The molecule has 0 spiro atoms. The topological polar surface area (TPSA) is 105 Å². The van der Waals surface area contributed by atoms with Crippen molar-refractivity contribution < 1.29 is 14.3 Å². The quantitative estimate of drug-likeness (QED) is 0.325. The van der Waals surface area contributed by atoms with Crippen LogP contribution >= 0.6 is 0 Å². The van der Waals surface area contributed by atoms with Crippen LogP contribution < -0.4 is 10.7 Å². The van der Waals surface area contributed by atoms with Crippen LogP contribution in [0.4, 0.5) is 10.5 Å². The van der Waals surface area contributed by atoms with Crippen LogP contribution in [0.15, 0.2) is 106 Å². The lowest BCUT2D eigenvalue weighted by atomic mass is 10.0. The number of anilines is 1. The molecule has 0 radical (unpaired) electrons. The van der Waals surface area contributed by atoms with Crippen LogP contribution in [-0.4, -0.2) is 36.2 Å². The molecule has 0 saturated heterocycles. The standard InChI is InChI=1S/C25H23N5O3/c1-18(27-30-25(32)26-21-16-10-5-11-17-21)22(24(31)33-2)28-29-23(19-12-6-3-7-13-19)20-14-8-4-9-15-20/h3-17H,1-2H3,(H2,26,30,32)/b27-18+,28-22-. The van der Waals surface area contributed by atoms with E-state index >= 15 is 0 Å². The van der Waals surface area contributed by atoms with Gasteiger partial charge in [0.15, 0.2) is 5.71 Å². The van der Waals surface area contributed by atoms with E-state index in [0.29, 0.717) is 11.4 Å². The minimum Gasteiger partial charge on any atom is -0.464 e. The van der Waals surface area contributed by atoms with E-state index in [-0.39, 0.29) is 11.4 Å². The highest BCUT2D eigenvalue weighted by Crippen LogP contribution is 2.11. The van der Waals surface area contributed by atoms with Crippen molar-refractivity contribution >= 4 is 34.8 Å². The van der Waals surface area contributed by atoms with Gasteiger partial charge >= 0.3 is 12.0 Å². The SMILES string of the molecule is COC(=O)C(=N\N=C(c1ccccc1)c1ccccc1)/C(C)=N/NC(=O)Nc1ccccc1. The van der Waals surface area contributed by atoms with Gasteiger partial charge < -0.3 is 10.1 Å². The molecule has 166 valence electrons. The zero-order valence-electron chi connectivity index (χ0n) is 18.2. The Labute approximate surface area is 191 Å². The molecule has 0 aromatic heterocycles. The van der Waals surface area contributed by atoms with E-state index in [1.54, 1.807) is 24.3 Å². The highest BCUT2D eigenvalue weighted by atomic mass is 16.5. The molecule has 0 aliphatic carbocycles. The molecule has 2 amide bonds. The number of amides is 2. The maximum atomic E-state index is 12.3. The first kappa shape index (κ1) is 23.1. The number of hydrogen-bond donors (Lipinski definition) is 2. The van der Waals surface area contributed by atoms with Gasteiger partial charge in [-0.15, -0.1) is 10.2 Å². The van der Waals surface area contributed by atoms with Gasteiger partial charge in [-0.2, -0.15) is 5.10 Å². The van der Waals surface area contributed by atoms with Crippen molar-refractivity contribution in [3.05, 3.63) is 102 Å². The summed E-state index contributed by atoms with van der Waals surface area (Å²) >= 11 is 0. The first-order valence-electron chi connectivity index (χ1n) is 10.1. The zero-order valence-corrected chi connectivity index (χ0v) is 18.2. The Bertz CT molecular complexity index is 1130. The number of urea groups is 1. The van der Waals surface area contributed by atoms with Crippen molar-refractivity contribution in [2.75, 3.05) is 12.4 Å². The van der Waals surface area contributed by atoms with Crippen molar-refractivity contribution in [3.63, 3.8) is 0 Å². The smallest absolute Gasteiger partial charge is 0.360 e. The molecule has 0 aliphatic rings. The number of hydrazone groups is 1. The summed E-state index contributed by atoms with van der Waals surface area (Å²) in [5.41, 5.74) is 5.16. The molecule has 33 heavy (non-hydrogen) atoms. The summed E-state index contributed by atoms with van der Waals surface area (Å²) in [4.78, 5) is 24.4. The first-order chi connectivity index (χ1) is 16.1. The van der Waals surface area contributed by atoms with Gasteiger partial charge in [-0.25, -0.2) is 15.0 Å². The van der Waals surface area contributed by atoms with Gasteiger partial charge in [0.25, 0.3) is 0 Å². The van der Waals surface area contributed by atoms with Crippen LogP contribution in [0, 0.1) is 0 Å². The zero-order chi connectivity index (χ0) is 23.5. The molecule has 0 saturated carbocycles. The van der Waals surface area contributed by atoms with E-state index < -0.39 is 12.0 Å². The van der Waals surface area contributed by atoms with Crippen molar-refractivity contribution in [2.45, 2.75) is 6.92 Å². The molecule has 3 aromatic carbocycles. The van der Waals surface area contributed by atoms with Crippen molar-refractivity contribution in [1.29, 1.82) is 0 Å². The van der Waals surface area contributed by atoms with Crippen LogP contribution in [0.5, 0.6) is 0 Å². The van der Waals surface area contributed by atoms with Gasteiger partial charge in [0.2, 0.25) is 0 Å². The molecule has 0 unspecified atom stereocenters. The van der Waals surface area contributed by atoms with Crippen molar-refractivity contribution in [3.8, 4) is 0 Å². The Morgan fingerprint density at radius 1 is 0.758 bits per heavy atom. The lowest BCUT2D eigenvalue weighted by molar-refractivity contribution is -0.132. The average Bonchev–Trinajstić information content (AvgIpc) is 2.86. The Hall–Kier alpha value is -4.59. The number of ether oxygens (including phenoxy) is 1. The number of para-hydroxylation sites is 1. The van der Waals surface area contributed by atoms with Gasteiger partial charge in [-0.1, -0.05) is 78.9 Å². The Morgan fingerprint density at radius 3 is 1.79 bits per heavy atom. The Kier molecular flexibility index (Phi) is 8.19. The fraction of sp³-hybridized carbons (Fsp3) is 0.0800. The predicted molar refractivity (Wildman–Crippen MR) is 130 cm³/mol. The van der Waals surface area contributed by atoms with E-state index in [4.69, 9.17) is 4.74 Å². The summed E-state index contributed by atoms with van der Waals surface area (Å²) in [5, 5.41) is 15.1. The van der Waals surface area contributed by atoms with Crippen LogP contribution in [0.3, 0.4) is 0 Å². The lowest BCUT2D eigenvalue weighted by Crippen LogP contribution is -2.29. The minimum absolute atomic E-state index is 0.134. The number of nitrogens with zero attached hydrogens (tertiary/aromatic N) is 3. The predicted octanol–water partition coefficient (Wildman–Crippen LogP) is 4.25. The third-order valence-corrected chi connectivity index (χ3v) is 4.42. The molecule has 8 nitrogen and oxygen atoms in total. The molecular weight excluding hydrogens is 418 g/mol. The van der Waals surface area contributed by atoms with Crippen LogP contribution in [-0.2, 0) is 9.53 Å². The fourth-order valence-electron chi connectivity index (χ4n) is 2.80. The second-order valence-corrected chi connectivity index (χ2v) is 6.75. The Morgan fingerprint density at radius 2 is 1.27 bits per heavy atom. The third kappa shape index (κ3) is 6.70. The molecule has 3 rings (SSSR count). The lowest BCUT2D eigenvalue weighted by Gasteiger charge is -2.07. The largest absolute Gasteiger partial charge is 0.464 e. The van der Waals surface area contributed by atoms with Gasteiger partial charge in [-0.05, 0) is 19.1 Å². The van der Waals surface area contributed by atoms with E-state index in [1.165, 1.54) is 14.0 Å². The number of carbonyl (C=O) groups is 2. The van der Waals surface area contributed by atoms with E-state index in [1.807, 2.05) is 66.7 Å². The van der Waals surface area contributed by atoms with Gasteiger partial charge in [0.1, 0.15) is 5.71 Å². The summed E-state index contributed by atoms with van der Waals surface area (Å²) in [6, 6.07) is 27.3. The third-order valence-electron chi connectivity index (χ3n) is 4.42. The number of hydrogen-bond acceptors (Lipinski definition) is 6. The molecule has 2 N–H and O–H groups in total.